The Balaban J connectivity index is 2.26. The number of carbonyl (C=O) groups is 1. The van der Waals surface area contributed by atoms with Crippen LogP contribution in [-0.2, 0) is 4.79 Å². The number of likely N-dealkylation sites (tertiary alicyclic amines) is 1. The molecule has 4 heteroatoms. The van der Waals surface area contributed by atoms with E-state index < -0.39 is 0 Å². The van der Waals surface area contributed by atoms with Crippen LogP contribution in [0.2, 0.25) is 0 Å². The summed E-state index contributed by atoms with van der Waals surface area (Å²) in [6.07, 6.45) is 5.11. The number of piperidine rings is 1. The molecule has 0 radical (unpaired) electrons. The molecule has 4 nitrogen and oxygen atoms in total. The summed E-state index contributed by atoms with van der Waals surface area (Å²) in [7, 11) is 0. The van der Waals surface area contributed by atoms with E-state index in [1.54, 1.807) is 0 Å². The minimum absolute atomic E-state index is 0.101. The van der Waals surface area contributed by atoms with Crippen molar-refractivity contribution in [2.45, 2.75) is 84.3 Å². The highest BCUT2D eigenvalue weighted by atomic mass is 16.1. The number of nitrogens with one attached hydrogen (secondary N) is 1. The van der Waals surface area contributed by atoms with Crippen LogP contribution < -0.4 is 11.1 Å². The Kier molecular flexibility index (Phi) is 7.14. The molecule has 0 bridgehead atoms. The van der Waals surface area contributed by atoms with E-state index in [0.717, 1.165) is 45.2 Å². The first-order valence-corrected chi connectivity index (χ1v) is 8.51. The van der Waals surface area contributed by atoms with Gasteiger partial charge in [0, 0.05) is 36.6 Å². The summed E-state index contributed by atoms with van der Waals surface area (Å²) in [4.78, 5) is 14.7. The number of rotatable bonds is 6. The first-order chi connectivity index (χ1) is 9.70. The van der Waals surface area contributed by atoms with Crippen LogP contribution in [0.3, 0.4) is 0 Å². The van der Waals surface area contributed by atoms with Crippen molar-refractivity contribution < 1.29 is 4.79 Å². The second-order valence-corrected chi connectivity index (χ2v) is 7.75. The maximum atomic E-state index is 12.2. The third kappa shape index (κ3) is 6.79. The highest BCUT2D eigenvalue weighted by Crippen LogP contribution is 2.20. The molecule has 0 aromatic heterocycles. The Morgan fingerprint density at radius 2 is 1.81 bits per heavy atom. The smallest absolute Gasteiger partial charge is 0.223 e. The van der Waals surface area contributed by atoms with Crippen molar-refractivity contribution in [3.05, 3.63) is 0 Å². The van der Waals surface area contributed by atoms with Gasteiger partial charge >= 0.3 is 0 Å². The second-order valence-electron chi connectivity index (χ2n) is 7.75. The molecule has 0 spiro atoms. The summed E-state index contributed by atoms with van der Waals surface area (Å²) in [6.45, 7) is 13.0. The molecule has 1 saturated heterocycles. The number of hydrogen-bond acceptors (Lipinski definition) is 3. The fraction of sp³-hybridized carbons (Fsp3) is 0.941. The lowest BCUT2D eigenvalue weighted by Crippen LogP contribution is -2.51. The summed E-state index contributed by atoms with van der Waals surface area (Å²) in [5.41, 5.74) is 5.98. The number of carbonyl (C=O) groups excluding carboxylic acids is 1. The molecule has 3 N–H and O–H groups in total. The van der Waals surface area contributed by atoms with Gasteiger partial charge in [-0.15, -0.1) is 0 Å². The number of amides is 1. The SMILES string of the molecule is CC(N)CCCC(C)C(=O)NC1CCN(C(C)(C)C)CC1. The molecule has 0 aromatic carbocycles. The molecule has 1 heterocycles. The lowest BCUT2D eigenvalue weighted by Gasteiger charge is -2.41. The first kappa shape index (κ1) is 18.4. The maximum absolute atomic E-state index is 12.2. The maximum Gasteiger partial charge on any atom is 0.223 e. The Morgan fingerprint density at radius 3 is 2.29 bits per heavy atom. The fourth-order valence-electron chi connectivity index (χ4n) is 2.92. The van der Waals surface area contributed by atoms with E-state index in [0.29, 0.717) is 6.04 Å². The van der Waals surface area contributed by atoms with E-state index in [1.807, 2.05) is 13.8 Å². The molecule has 124 valence electrons. The molecule has 1 amide bonds. The monoisotopic (exact) mass is 297 g/mol. The van der Waals surface area contributed by atoms with Crippen molar-refractivity contribution >= 4 is 5.91 Å². The molecule has 1 aliphatic heterocycles. The fourth-order valence-corrected chi connectivity index (χ4v) is 2.92. The van der Waals surface area contributed by atoms with E-state index in [-0.39, 0.29) is 23.4 Å². The topological polar surface area (TPSA) is 58.4 Å². The van der Waals surface area contributed by atoms with E-state index in [2.05, 4.69) is 31.0 Å². The van der Waals surface area contributed by atoms with Gasteiger partial charge in [0.1, 0.15) is 0 Å². The largest absolute Gasteiger partial charge is 0.353 e. The predicted octanol–water partition coefficient (Wildman–Crippen LogP) is 2.52. The standard InChI is InChI=1S/C17H35N3O/c1-13(7-6-8-14(2)18)16(21)19-15-9-11-20(12-10-15)17(3,4)5/h13-15H,6-12,18H2,1-5H3,(H,19,21). The minimum atomic E-state index is 0.101. The molecule has 1 rings (SSSR count). The van der Waals surface area contributed by atoms with Gasteiger partial charge in [-0.25, -0.2) is 0 Å². The van der Waals surface area contributed by atoms with Crippen LogP contribution >= 0.6 is 0 Å². The molecule has 1 aliphatic rings. The van der Waals surface area contributed by atoms with Gasteiger partial charge < -0.3 is 11.1 Å². The predicted molar refractivity (Wildman–Crippen MR) is 89.2 cm³/mol. The second kappa shape index (κ2) is 8.14. The van der Waals surface area contributed by atoms with Crippen molar-refractivity contribution in [2.24, 2.45) is 11.7 Å². The summed E-state index contributed by atoms with van der Waals surface area (Å²) in [6, 6.07) is 0.592. The molecule has 1 fully saturated rings. The van der Waals surface area contributed by atoms with Crippen LogP contribution in [-0.4, -0.2) is 41.5 Å². The van der Waals surface area contributed by atoms with Crippen LogP contribution in [0.15, 0.2) is 0 Å². The molecule has 0 aromatic rings. The van der Waals surface area contributed by atoms with Crippen LogP contribution in [0, 0.1) is 5.92 Å². The zero-order valence-electron chi connectivity index (χ0n) is 14.6. The molecule has 2 unspecified atom stereocenters. The molecular formula is C17H35N3O. The third-order valence-corrected chi connectivity index (χ3v) is 4.53. The lowest BCUT2D eigenvalue weighted by molar-refractivity contribution is -0.125. The van der Waals surface area contributed by atoms with Gasteiger partial charge in [-0.3, -0.25) is 9.69 Å². The highest BCUT2D eigenvalue weighted by Gasteiger charge is 2.28. The van der Waals surface area contributed by atoms with Crippen molar-refractivity contribution in [3.63, 3.8) is 0 Å². The molecular weight excluding hydrogens is 262 g/mol. The van der Waals surface area contributed by atoms with E-state index in [9.17, 15) is 4.79 Å². The summed E-state index contributed by atoms with van der Waals surface area (Å²) in [5, 5.41) is 3.23. The van der Waals surface area contributed by atoms with Crippen LogP contribution in [0.1, 0.15) is 66.7 Å². The summed E-state index contributed by atoms with van der Waals surface area (Å²) < 4.78 is 0. The van der Waals surface area contributed by atoms with Gasteiger partial charge in [-0.05, 0) is 53.4 Å². The van der Waals surface area contributed by atoms with Crippen LogP contribution in [0.4, 0.5) is 0 Å². The van der Waals surface area contributed by atoms with Gasteiger partial charge in [0.25, 0.3) is 0 Å². The highest BCUT2D eigenvalue weighted by molar-refractivity contribution is 5.78. The van der Waals surface area contributed by atoms with Gasteiger partial charge in [-0.2, -0.15) is 0 Å². The Labute approximate surface area is 130 Å². The van der Waals surface area contributed by atoms with Gasteiger partial charge in [0.2, 0.25) is 5.91 Å². The minimum Gasteiger partial charge on any atom is -0.353 e. The summed E-state index contributed by atoms with van der Waals surface area (Å²) >= 11 is 0. The van der Waals surface area contributed by atoms with Gasteiger partial charge in [0.15, 0.2) is 0 Å². The van der Waals surface area contributed by atoms with Crippen LogP contribution in [0.25, 0.3) is 0 Å². The zero-order valence-corrected chi connectivity index (χ0v) is 14.6. The number of hydrogen-bond donors (Lipinski definition) is 2. The Morgan fingerprint density at radius 1 is 1.24 bits per heavy atom. The van der Waals surface area contributed by atoms with Crippen LogP contribution in [0.5, 0.6) is 0 Å². The van der Waals surface area contributed by atoms with Crippen molar-refractivity contribution in [2.75, 3.05) is 13.1 Å². The molecule has 21 heavy (non-hydrogen) atoms. The molecule has 0 aliphatic carbocycles. The normalized spacial score (nSPS) is 21.0. The molecule has 2 atom stereocenters. The quantitative estimate of drug-likeness (QED) is 0.792. The van der Waals surface area contributed by atoms with E-state index >= 15 is 0 Å². The van der Waals surface area contributed by atoms with E-state index in [1.165, 1.54) is 0 Å². The lowest BCUT2D eigenvalue weighted by atomic mass is 9.96. The summed E-state index contributed by atoms with van der Waals surface area (Å²) in [5.74, 6) is 0.318. The number of nitrogens with two attached hydrogens (primary N) is 1. The Hall–Kier alpha value is -0.610. The van der Waals surface area contributed by atoms with Crippen molar-refractivity contribution in [1.82, 2.24) is 10.2 Å². The van der Waals surface area contributed by atoms with E-state index in [4.69, 9.17) is 5.73 Å². The van der Waals surface area contributed by atoms with Gasteiger partial charge in [0.05, 0.1) is 0 Å². The van der Waals surface area contributed by atoms with Crippen molar-refractivity contribution in [1.29, 1.82) is 0 Å². The average Bonchev–Trinajstić information content (AvgIpc) is 2.37. The Bertz CT molecular complexity index is 314. The average molecular weight is 297 g/mol. The number of nitrogens with zero attached hydrogens (tertiary/aromatic N) is 1. The zero-order chi connectivity index (χ0) is 16.0. The van der Waals surface area contributed by atoms with Gasteiger partial charge in [-0.1, -0.05) is 13.3 Å². The first-order valence-electron chi connectivity index (χ1n) is 8.51. The van der Waals surface area contributed by atoms with Crippen molar-refractivity contribution in [3.8, 4) is 0 Å². The third-order valence-electron chi connectivity index (χ3n) is 4.53. The molecule has 0 saturated carbocycles.